The van der Waals surface area contributed by atoms with Gasteiger partial charge in [-0.05, 0) is 37.5 Å². The zero-order valence-electron chi connectivity index (χ0n) is 20.3. The van der Waals surface area contributed by atoms with Gasteiger partial charge in [-0.3, -0.25) is 9.59 Å². The van der Waals surface area contributed by atoms with E-state index in [1.54, 1.807) is 4.90 Å². The second-order valence-corrected chi connectivity index (χ2v) is 10.3. The number of amides is 2. The zero-order valence-corrected chi connectivity index (χ0v) is 20.3. The summed E-state index contributed by atoms with van der Waals surface area (Å²) < 4.78 is 11.5. The molecule has 3 aromatic carbocycles. The standard InChI is InChI=1S/C30H28N2O4/c1-19-11-13-20(14-12-19)17-31-28(33)22-9-5-6-10-23(22)30(31)24-15-26-27(36-18-35-26)16-25(24)32(29(30)34)21-7-3-2-4-8-21/h5-6,9-16,21H,2-4,7-8,17-18H2,1H3. The van der Waals surface area contributed by atoms with Gasteiger partial charge in [0.15, 0.2) is 17.0 Å². The smallest absolute Gasteiger partial charge is 0.262 e. The lowest BCUT2D eigenvalue weighted by Crippen LogP contribution is -2.53. The molecular weight excluding hydrogens is 452 g/mol. The van der Waals surface area contributed by atoms with Gasteiger partial charge in [-0.1, -0.05) is 67.3 Å². The van der Waals surface area contributed by atoms with Crippen LogP contribution in [0, 0.1) is 6.92 Å². The summed E-state index contributed by atoms with van der Waals surface area (Å²) in [5.74, 6) is 1.12. The fraction of sp³-hybridized carbons (Fsp3) is 0.333. The molecule has 7 rings (SSSR count). The fourth-order valence-electron chi connectivity index (χ4n) is 6.54. The lowest BCUT2D eigenvalue weighted by atomic mass is 9.83. The van der Waals surface area contributed by atoms with Crippen molar-refractivity contribution in [3.8, 4) is 11.5 Å². The number of carbonyl (C=O) groups excluding carboxylic acids is 2. The van der Waals surface area contributed by atoms with Gasteiger partial charge in [-0.15, -0.1) is 0 Å². The van der Waals surface area contributed by atoms with E-state index in [2.05, 4.69) is 0 Å². The molecule has 0 radical (unpaired) electrons. The average molecular weight is 481 g/mol. The molecule has 3 heterocycles. The normalized spacial score (nSPS) is 22.5. The fourth-order valence-corrected chi connectivity index (χ4v) is 6.54. The molecule has 1 spiro atoms. The van der Waals surface area contributed by atoms with Gasteiger partial charge >= 0.3 is 0 Å². The number of anilines is 1. The van der Waals surface area contributed by atoms with E-state index in [0.29, 0.717) is 23.6 Å². The van der Waals surface area contributed by atoms with Crippen LogP contribution in [0.25, 0.3) is 0 Å². The summed E-state index contributed by atoms with van der Waals surface area (Å²) in [6.45, 7) is 2.54. The molecule has 4 aliphatic rings. The summed E-state index contributed by atoms with van der Waals surface area (Å²) in [6, 6.07) is 19.8. The number of hydrogen-bond acceptors (Lipinski definition) is 4. The molecule has 3 aliphatic heterocycles. The van der Waals surface area contributed by atoms with Crippen LogP contribution in [0.3, 0.4) is 0 Å². The Hall–Kier alpha value is -3.80. The zero-order chi connectivity index (χ0) is 24.4. The predicted octanol–water partition coefficient (Wildman–Crippen LogP) is 5.30. The first-order valence-corrected chi connectivity index (χ1v) is 12.8. The van der Waals surface area contributed by atoms with Crippen molar-refractivity contribution in [2.24, 2.45) is 0 Å². The Morgan fingerprint density at radius 1 is 0.889 bits per heavy atom. The highest BCUT2D eigenvalue weighted by Gasteiger charge is 2.63. The van der Waals surface area contributed by atoms with Crippen molar-refractivity contribution in [1.29, 1.82) is 0 Å². The molecule has 182 valence electrons. The molecular formula is C30H28N2O4. The molecule has 3 aromatic rings. The first-order valence-electron chi connectivity index (χ1n) is 12.8. The van der Waals surface area contributed by atoms with Crippen LogP contribution in [0.15, 0.2) is 60.7 Å². The molecule has 6 nitrogen and oxygen atoms in total. The molecule has 1 aliphatic carbocycles. The van der Waals surface area contributed by atoms with Gasteiger partial charge in [-0.2, -0.15) is 0 Å². The van der Waals surface area contributed by atoms with Crippen LogP contribution >= 0.6 is 0 Å². The molecule has 0 bridgehead atoms. The number of benzene rings is 3. The Labute approximate surface area is 210 Å². The Balaban J connectivity index is 1.47. The second-order valence-electron chi connectivity index (χ2n) is 10.3. The lowest BCUT2D eigenvalue weighted by Gasteiger charge is -2.37. The number of carbonyl (C=O) groups is 2. The van der Waals surface area contributed by atoms with Crippen LogP contribution < -0.4 is 14.4 Å². The van der Waals surface area contributed by atoms with E-state index in [4.69, 9.17) is 9.47 Å². The van der Waals surface area contributed by atoms with E-state index < -0.39 is 5.54 Å². The Morgan fingerprint density at radius 3 is 2.39 bits per heavy atom. The maximum Gasteiger partial charge on any atom is 0.262 e. The first kappa shape index (κ1) is 21.5. The summed E-state index contributed by atoms with van der Waals surface area (Å²) >= 11 is 0. The molecule has 1 atom stereocenters. The van der Waals surface area contributed by atoms with Gasteiger partial charge in [-0.25, -0.2) is 0 Å². The topological polar surface area (TPSA) is 59.1 Å². The third-order valence-corrected chi connectivity index (χ3v) is 8.27. The molecule has 1 unspecified atom stereocenters. The monoisotopic (exact) mass is 480 g/mol. The van der Waals surface area contributed by atoms with Crippen LogP contribution in [0.1, 0.15) is 64.7 Å². The maximum atomic E-state index is 14.8. The van der Waals surface area contributed by atoms with Crippen molar-refractivity contribution in [1.82, 2.24) is 4.90 Å². The minimum absolute atomic E-state index is 0.0431. The minimum atomic E-state index is -1.23. The highest BCUT2D eigenvalue weighted by molar-refractivity contribution is 6.17. The number of fused-ring (bicyclic) bond motifs is 5. The van der Waals surface area contributed by atoms with Crippen LogP contribution in [-0.4, -0.2) is 29.5 Å². The molecule has 0 saturated heterocycles. The van der Waals surface area contributed by atoms with Gasteiger partial charge in [0, 0.05) is 35.3 Å². The highest BCUT2D eigenvalue weighted by Crippen LogP contribution is 2.57. The van der Waals surface area contributed by atoms with Crippen molar-refractivity contribution >= 4 is 17.5 Å². The number of hydrogen-bond donors (Lipinski definition) is 0. The van der Waals surface area contributed by atoms with Crippen molar-refractivity contribution in [2.75, 3.05) is 11.7 Å². The van der Waals surface area contributed by atoms with Gasteiger partial charge in [0.05, 0.1) is 5.69 Å². The quantitative estimate of drug-likeness (QED) is 0.510. The number of rotatable bonds is 3. The second kappa shape index (κ2) is 7.85. The van der Waals surface area contributed by atoms with Crippen LogP contribution in [0.5, 0.6) is 11.5 Å². The van der Waals surface area contributed by atoms with E-state index in [1.165, 1.54) is 6.42 Å². The number of nitrogens with zero attached hydrogens (tertiary/aromatic N) is 2. The maximum absolute atomic E-state index is 14.8. The summed E-state index contributed by atoms with van der Waals surface area (Å²) in [5.41, 5.74) is 3.92. The van der Waals surface area contributed by atoms with E-state index in [9.17, 15) is 9.59 Å². The largest absolute Gasteiger partial charge is 0.454 e. The predicted molar refractivity (Wildman–Crippen MR) is 135 cm³/mol. The SMILES string of the molecule is Cc1ccc(CN2C(=O)c3ccccc3C23C(=O)N(C2CCCCC2)c2cc4c(cc23)OCO4)cc1. The lowest BCUT2D eigenvalue weighted by molar-refractivity contribution is -0.126. The molecule has 36 heavy (non-hydrogen) atoms. The van der Waals surface area contributed by atoms with Gasteiger partial charge in [0.1, 0.15) is 0 Å². The summed E-state index contributed by atoms with van der Waals surface area (Å²) in [5, 5.41) is 0. The Morgan fingerprint density at radius 2 is 1.61 bits per heavy atom. The Bertz CT molecular complexity index is 1390. The van der Waals surface area contributed by atoms with Crippen molar-refractivity contribution in [3.05, 3.63) is 88.5 Å². The molecule has 1 saturated carbocycles. The average Bonchev–Trinajstić information content (AvgIpc) is 3.54. The Kier molecular flexibility index (Phi) is 4.69. The van der Waals surface area contributed by atoms with Crippen LogP contribution in [-0.2, 0) is 16.9 Å². The molecule has 6 heteroatoms. The summed E-state index contributed by atoms with van der Waals surface area (Å²) in [4.78, 5) is 32.6. The van der Waals surface area contributed by atoms with Crippen molar-refractivity contribution in [3.63, 3.8) is 0 Å². The first-order chi connectivity index (χ1) is 17.6. The number of ether oxygens (including phenoxy) is 2. The third-order valence-electron chi connectivity index (χ3n) is 8.27. The van der Waals surface area contributed by atoms with Crippen molar-refractivity contribution in [2.45, 2.75) is 57.2 Å². The van der Waals surface area contributed by atoms with E-state index in [-0.39, 0.29) is 24.6 Å². The third kappa shape index (κ3) is 2.84. The van der Waals surface area contributed by atoms with E-state index in [1.807, 2.05) is 72.5 Å². The van der Waals surface area contributed by atoms with Gasteiger partial charge in [0.2, 0.25) is 6.79 Å². The minimum Gasteiger partial charge on any atom is -0.454 e. The van der Waals surface area contributed by atoms with E-state index in [0.717, 1.165) is 53.6 Å². The van der Waals surface area contributed by atoms with Crippen molar-refractivity contribution < 1.29 is 19.1 Å². The molecule has 2 amide bonds. The molecule has 0 N–H and O–H groups in total. The van der Waals surface area contributed by atoms with Crippen LogP contribution in [0.4, 0.5) is 5.69 Å². The molecule has 0 aromatic heterocycles. The van der Waals surface area contributed by atoms with Gasteiger partial charge < -0.3 is 19.3 Å². The summed E-state index contributed by atoms with van der Waals surface area (Å²) in [6.07, 6.45) is 5.32. The summed E-state index contributed by atoms with van der Waals surface area (Å²) in [7, 11) is 0. The van der Waals surface area contributed by atoms with Crippen LogP contribution in [0.2, 0.25) is 0 Å². The highest BCUT2D eigenvalue weighted by atomic mass is 16.7. The number of aryl methyl sites for hydroxylation is 1. The van der Waals surface area contributed by atoms with E-state index >= 15 is 0 Å². The van der Waals surface area contributed by atoms with Gasteiger partial charge in [0.25, 0.3) is 11.8 Å². The molecule has 1 fully saturated rings.